The van der Waals surface area contributed by atoms with Crippen LogP contribution >= 0.6 is 11.3 Å². The molecule has 6 heteroatoms. The number of amides is 1. The summed E-state index contributed by atoms with van der Waals surface area (Å²) in [6.07, 6.45) is 3.09. The molecule has 1 N–H and O–H groups in total. The van der Waals surface area contributed by atoms with Gasteiger partial charge in [-0.15, -0.1) is 11.3 Å². The van der Waals surface area contributed by atoms with E-state index >= 15 is 0 Å². The summed E-state index contributed by atoms with van der Waals surface area (Å²) >= 11 is 1.05. The first-order valence-electron chi connectivity index (χ1n) is 6.35. The summed E-state index contributed by atoms with van der Waals surface area (Å²) in [5.41, 5.74) is -0.136. The number of aromatic carboxylic acids is 1. The molecule has 102 valence electrons. The lowest BCUT2D eigenvalue weighted by molar-refractivity contribution is -0.0875. The molecule has 1 amide bonds. The zero-order chi connectivity index (χ0) is 13.5. The van der Waals surface area contributed by atoms with Gasteiger partial charge in [0.2, 0.25) is 0 Å². The second kappa shape index (κ2) is 4.61. The number of carboxylic acid groups (broad SMARTS) is 1. The molecule has 2 aliphatic rings. The Bertz CT molecular complexity index is 520. The molecule has 1 saturated carbocycles. The molecule has 1 aliphatic carbocycles. The zero-order valence-electron chi connectivity index (χ0n) is 10.4. The van der Waals surface area contributed by atoms with Gasteiger partial charge in [-0.3, -0.25) is 4.79 Å². The third-order valence-corrected chi connectivity index (χ3v) is 5.02. The predicted molar refractivity (Wildman–Crippen MR) is 69.7 cm³/mol. The lowest BCUT2D eigenvalue weighted by atomic mass is 9.75. The van der Waals surface area contributed by atoms with E-state index in [4.69, 9.17) is 9.84 Å². The fourth-order valence-electron chi connectivity index (χ4n) is 2.75. The summed E-state index contributed by atoms with van der Waals surface area (Å²) < 4.78 is 5.50. The van der Waals surface area contributed by atoms with Crippen LogP contribution in [0.3, 0.4) is 0 Å². The van der Waals surface area contributed by atoms with Crippen molar-refractivity contribution >= 4 is 23.2 Å². The molecular formula is C13H15NO4S. The Kier molecular flexibility index (Phi) is 3.06. The average molecular weight is 281 g/mol. The van der Waals surface area contributed by atoms with Crippen LogP contribution in [0.1, 0.15) is 38.6 Å². The van der Waals surface area contributed by atoms with E-state index in [1.807, 2.05) is 4.90 Å². The highest BCUT2D eigenvalue weighted by Gasteiger charge is 2.47. The summed E-state index contributed by atoms with van der Waals surface area (Å²) in [7, 11) is 0. The van der Waals surface area contributed by atoms with E-state index in [-0.39, 0.29) is 16.3 Å². The van der Waals surface area contributed by atoms with Crippen LogP contribution < -0.4 is 0 Å². The fraction of sp³-hybridized carbons (Fsp3) is 0.538. The Labute approximate surface area is 114 Å². The third kappa shape index (κ3) is 2.04. The largest absolute Gasteiger partial charge is 0.477 e. The highest BCUT2D eigenvalue weighted by atomic mass is 32.1. The first-order chi connectivity index (χ1) is 9.12. The monoisotopic (exact) mass is 281 g/mol. The standard InChI is InChI=1S/C13H15NO4S/c15-11(9-2-3-10(19-9)12(16)17)14-6-7-18-8-13(14)4-1-5-13/h2-3H,1,4-8H2,(H,16,17). The Balaban J connectivity index is 1.83. The van der Waals surface area contributed by atoms with Crippen LogP contribution in [0.25, 0.3) is 0 Å². The van der Waals surface area contributed by atoms with Gasteiger partial charge in [-0.2, -0.15) is 0 Å². The maximum Gasteiger partial charge on any atom is 0.345 e. The maximum absolute atomic E-state index is 12.5. The summed E-state index contributed by atoms with van der Waals surface area (Å²) in [6.45, 7) is 1.76. The van der Waals surface area contributed by atoms with E-state index in [1.165, 1.54) is 6.07 Å². The van der Waals surface area contributed by atoms with E-state index in [1.54, 1.807) is 6.07 Å². The van der Waals surface area contributed by atoms with Gasteiger partial charge in [0.15, 0.2) is 0 Å². The molecular weight excluding hydrogens is 266 g/mol. The van der Waals surface area contributed by atoms with Crippen LogP contribution in [-0.4, -0.2) is 47.2 Å². The van der Waals surface area contributed by atoms with Crippen LogP contribution in [0.4, 0.5) is 0 Å². The Hall–Kier alpha value is -1.40. The van der Waals surface area contributed by atoms with Gasteiger partial charge in [-0.1, -0.05) is 0 Å². The summed E-state index contributed by atoms with van der Waals surface area (Å²) in [6, 6.07) is 3.10. The molecule has 1 aromatic rings. The number of carbonyl (C=O) groups is 2. The molecule has 1 aromatic heterocycles. The van der Waals surface area contributed by atoms with Crippen LogP contribution in [0, 0.1) is 0 Å². The minimum Gasteiger partial charge on any atom is -0.477 e. The number of carboxylic acids is 1. The van der Waals surface area contributed by atoms with Crippen molar-refractivity contribution in [2.45, 2.75) is 24.8 Å². The highest BCUT2D eigenvalue weighted by molar-refractivity contribution is 7.15. The van der Waals surface area contributed by atoms with Gasteiger partial charge >= 0.3 is 5.97 Å². The number of hydrogen-bond donors (Lipinski definition) is 1. The van der Waals surface area contributed by atoms with Crippen LogP contribution in [0.2, 0.25) is 0 Å². The number of rotatable bonds is 2. The zero-order valence-corrected chi connectivity index (χ0v) is 11.2. The minimum absolute atomic E-state index is 0.0551. The molecule has 5 nitrogen and oxygen atoms in total. The molecule has 19 heavy (non-hydrogen) atoms. The number of carbonyl (C=O) groups excluding carboxylic acids is 1. The third-order valence-electron chi connectivity index (χ3n) is 3.96. The molecule has 1 spiro atoms. The Morgan fingerprint density at radius 1 is 1.32 bits per heavy atom. The smallest absolute Gasteiger partial charge is 0.345 e. The van der Waals surface area contributed by atoms with Crippen molar-refractivity contribution in [2.24, 2.45) is 0 Å². The van der Waals surface area contributed by atoms with Crippen molar-refractivity contribution in [3.63, 3.8) is 0 Å². The van der Waals surface area contributed by atoms with E-state index in [9.17, 15) is 9.59 Å². The molecule has 2 heterocycles. The SMILES string of the molecule is O=C(O)c1ccc(C(=O)N2CCOCC23CCC3)s1. The number of nitrogens with zero attached hydrogens (tertiary/aromatic N) is 1. The molecule has 3 rings (SSSR count). The van der Waals surface area contributed by atoms with Crippen LogP contribution in [-0.2, 0) is 4.74 Å². The summed E-state index contributed by atoms with van der Waals surface area (Å²) in [5, 5.41) is 8.92. The lowest BCUT2D eigenvalue weighted by Gasteiger charge is -2.52. The molecule has 0 bridgehead atoms. The normalized spacial score (nSPS) is 21.2. The molecule has 0 unspecified atom stereocenters. The average Bonchev–Trinajstić information content (AvgIpc) is 2.85. The molecule has 2 fully saturated rings. The fourth-order valence-corrected chi connectivity index (χ4v) is 3.54. The number of ether oxygens (including phenoxy) is 1. The van der Waals surface area contributed by atoms with Gasteiger partial charge in [-0.05, 0) is 31.4 Å². The van der Waals surface area contributed by atoms with Crippen molar-refractivity contribution in [1.29, 1.82) is 0 Å². The van der Waals surface area contributed by atoms with Gasteiger partial charge in [0.05, 0.1) is 23.6 Å². The van der Waals surface area contributed by atoms with Crippen molar-refractivity contribution in [3.8, 4) is 0 Å². The highest BCUT2D eigenvalue weighted by Crippen LogP contribution is 2.40. The van der Waals surface area contributed by atoms with Gasteiger partial charge in [-0.25, -0.2) is 4.79 Å². The van der Waals surface area contributed by atoms with E-state index in [0.717, 1.165) is 30.6 Å². The second-order valence-corrected chi connectivity index (χ2v) is 6.14. The molecule has 0 aromatic carbocycles. The summed E-state index contributed by atoms with van der Waals surface area (Å²) in [5.74, 6) is -1.04. The number of hydrogen-bond acceptors (Lipinski definition) is 4. The van der Waals surface area contributed by atoms with Crippen LogP contribution in [0.5, 0.6) is 0 Å². The molecule has 0 radical (unpaired) electrons. The number of morpholine rings is 1. The van der Waals surface area contributed by atoms with Gasteiger partial charge in [0, 0.05) is 6.54 Å². The van der Waals surface area contributed by atoms with Crippen molar-refractivity contribution in [1.82, 2.24) is 4.90 Å². The molecule has 1 aliphatic heterocycles. The Morgan fingerprint density at radius 3 is 2.63 bits per heavy atom. The van der Waals surface area contributed by atoms with Crippen molar-refractivity contribution in [2.75, 3.05) is 19.8 Å². The first-order valence-corrected chi connectivity index (χ1v) is 7.17. The summed E-state index contributed by atoms with van der Waals surface area (Å²) in [4.78, 5) is 26.0. The van der Waals surface area contributed by atoms with Gasteiger partial charge in [0.25, 0.3) is 5.91 Å². The van der Waals surface area contributed by atoms with Crippen molar-refractivity contribution < 1.29 is 19.4 Å². The van der Waals surface area contributed by atoms with Gasteiger partial charge < -0.3 is 14.7 Å². The minimum atomic E-state index is -0.982. The number of thiophene rings is 1. The quantitative estimate of drug-likeness (QED) is 0.898. The van der Waals surface area contributed by atoms with Crippen molar-refractivity contribution in [3.05, 3.63) is 21.9 Å². The van der Waals surface area contributed by atoms with E-state index in [2.05, 4.69) is 0 Å². The lowest BCUT2D eigenvalue weighted by Crippen LogP contribution is -2.62. The Morgan fingerprint density at radius 2 is 2.05 bits per heavy atom. The van der Waals surface area contributed by atoms with Crippen LogP contribution in [0.15, 0.2) is 12.1 Å². The second-order valence-electron chi connectivity index (χ2n) is 5.06. The van der Waals surface area contributed by atoms with E-state index in [0.29, 0.717) is 24.6 Å². The predicted octanol–water partition coefficient (Wildman–Crippen LogP) is 1.84. The first kappa shape index (κ1) is 12.6. The van der Waals surface area contributed by atoms with Gasteiger partial charge in [0.1, 0.15) is 4.88 Å². The topological polar surface area (TPSA) is 66.8 Å². The van der Waals surface area contributed by atoms with E-state index < -0.39 is 5.97 Å². The molecule has 0 atom stereocenters. The molecule has 1 saturated heterocycles. The maximum atomic E-state index is 12.5.